The molecule has 136 valence electrons. The average Bonchev–Trinajstić information content (AvgIpc) is 2.59. The fraction of sp³-hybridized carbons (Fsp3) is 0.529. The molecular weight excluding hydrogens is 342 g/mol. The van der Waals surface area contributed by atoms with Crippen molar-refractivity contribution in [2.24, 2.45) is 0 Å². The highest BCUT2D eigenvalue weighted by molar-refractivity contribution is 7.71. The van der Waals surface area contributed by atoms with Gasteiger partial charge in [-0.25, -0.2) is 4.79 Å². The number of rotatable bonds is 5. The first kappa shape index (κ1) is 19.0. The number of carboxylic acid groups (broad SMARTS) is 1. The molecule has 0 bridgehead atoms. The highest BCUT2D eigenvalue weighted by Crippen LogP contribution is 2.18. The molecule has 0 saturated carbocycles. The topological polar surface area (TPSA) is 87.7 Å². The average molecular weight is 365 g/mol. The Hall–Kier alpha value is -2.31. The van der Waals surface area contributed by atoms with E-state index in [1.165, 1.54) is 15.2 Å². The number of carbonyl (C=O) groups is 1. The molecule has 1 aromatic heterocycles. The van der Waals surface area contributed by atoms with Crippen LogP contribution in [0.25, 0.3) is 6.08 Å². The molecule has 2 rings (SSSR count). The van der Waals surface area contributed by atoms with Crippen molar-refractivity contribution in [3.8, 4) is 5.88 Å². The van der Waals surface area contributed by atoms with E-state index >= 15 is 0 Å². The third-order valence-corrected chi connectivity index (χ3v) is 4.80. The van der Waals surface area contributed by atoms with Crippen LogP contribution in [0.2, 0.25) is 0 Å². The van der Waals surface area contributed by atoms with E-state index in [4.69, 9.17) is 12.2 Å². The molecule has 25 heavy (non-hydrogen) atoms. The van der Waals surface area contributed by atoms with Crippen molar-refractivity contribution in [3.63, 3.8) is 0 Å². The molecule has 1 aromatic rings. The predicted molar refractivity (Wildman–Crippen MR) is 97.1 cm³/mol. The predicted octanol–water partition coefficient (Wildman–Crippen LogP) is 2.19. The van der Waals surface area contributed by atoms with Crippen molar-refractivity contribution in [2.75, 3.05) is 6.54 Å². The Labute approximate surface area is 151 Å². The summed E-state index contributed by atoms with van der Waals surface area (Å²) in [5.41, 5.74) is 2.56. The molecule has 1 aliphatic heterocycles. The zero-order valence-corrected chi connectivity index (χ0v) is 15.3. The maximum absolute atomic E-state index is 12.5. The molecule has 7 nitrogen and oxygen atoms in total. The lowest BCUT2D eigenvalue weighted by molar-refractivity contribution is -0.143. The fourth-order valence-corrected chi connectivity index (χ4v) is 3.42. The summed E-state index contributed by atoms with van der Waals surface area (Å²) in [6.45, 7) is 5.10. The standard InChI is InChI=1S/C17H23N3O4S/c1-3-19-14(21)12(15(22)20(4-2)17(19)25)8-7-11-18-10-6-5-9-13(18)16(23)24/h8,11,13,21H,3-6,9-10H2,1-2H3,(H,23,24). The maximum Gasteiger partial charge on any atom is 0.326 e. The lowest BCUT2D eigenvalue weighted by atomic mass is 10.0. The van der Waals surface area contributed by atoms with Gasteiger partial charge in [0.2, 0.25) is 5.88 Å². The normalized spacial score (nSPS) is 17.0. The van der Waals surface area contributed by atoms with Crippen LogP contribution < -0.4 is 5.56 Å². The molecule has 1 atom stereocenters. The Kier molecular flexibility index (Phi) is 6.22. The van der Waals surface area contributed by atoms with Crippen molar-refractivity contribution < 1.29 is 15.0 Å². The second-order valence-corrected chi connectivity index (χ2v) is 6.21. The number of aromatic nitrogens is 2. The quantitative estimate of drug-likeness (QED) is 0.614. The third-order valence-electron chi connectivity index (χ3n) is 4.36. The van der Waals surface area contributed by atoms with Gasteiger partial charge in [0.25, 0.3) is 5.56 Å². The van der Waals surface area contributed by atoms with Crippen molar-refractivity contribution >= 4 is 24.3 Å². The van der Waals surface area contributed by atoms with E-state index in [-0.39, 0.29) is 21.8 Å². The van der Waals surface area contributed by atoms with Crippen molar-refractivity contribution in [1.29, 1.82) is 0 Å². The van der Waals surface area contributed by atoms with Crippen LogP contribution in [0, 0.1) is 4.77 Å². The van der Waals surface area contributed by atoms with Gasteiger partial charge < -0.3 is 15.1 Å². The summed E-state index contributed by atoms with van der Waals surface area (Å²) >= 11 is 5.23. The number of hydrogen-bond acceptors (Lipinski definition) is 5. The van der Waals surface area contributed by atoms with Gasteiger partial charge >= 0.3 is 5.97 Å². The molecule has 1 aliphatic rings. The van der Waals surface area contributed by atoms with Crippen LogP contribution >= 0.6 is 12.2 Å². The van der Waals surface area contributed by atoms with Crippen molar-refractivity contribution in [3.05, 3.63) is 32.6 Å². The van der Waals surface area contributed by atoms with Gasteiger partial charge in [0.15, 0.2) is 4.77 Å². The number of aromatic hydroxyl groups is 1. The molecule has 0 amide bonds. The number of carboxylic acids is 1. The molecule has 0 radical (unpaired) electrons. The minimum absolute atomic E-state index is 0.0948. The van der Waals surface area contributed by atoms with E-state index in [0.717, 1.165) is 12.8 Å². The minimum Gasteiger partial charge on any atom is -0.494 e. The number of hydrogen-bond donors (Lipinski definition) is 2. The Morgan fingerprint density at radius 3 is 2.60 bits per heavy atom. The molecule has 1 unspecified atom stereocenters. The smallest absolute Gasteiger partial charge is 0.326 e. The lowest BCUT2D eigenvalue weighted by Crippen LogP contribution is -2.41. The SMILES string of the molecule is CCn1c(O)c(C=C=CN2CCCCC2C(=O)O)c(=O)n(CC)c1=S. The number of likely N-dealkylation sites (tertiary alicyclic amines) is 1. The summed E-state index contributed by atoms with van der Waals surface area (Å²) in [6, 6.07) is -0.578. The monoisotopic (exact) mass is 365 g/mol. The van der Waals surface area contributed by atoms with Gasteiger partial charge in [-0.3, -0.25) is 13.9 Å². The van der Waals surface area contributed by atoms with Gasteiger partial charge in [0.05, 0.1) is 0 Å². The van der Waals surface area contributed by atoms with Gasteiger partial charge in [0, 0.05) is 25.8 Å². The molecule has 8 heteroatoms. The molecular formula is C17H23N3O4S. The molecule has 1 fully saturated rings. The molecule has 0 aliphatic carbocycles. The summed E-state index contributed by atoms with van der Waals surface area (Å²) in [7, 11) is 0. The number of piperidine rings is 1. The van der Waals surface area contributed by atoms with Crippen LogP contribution in [0.1, 0.15) is 38.7 Å². The van der Waals surface area contributed by atoms with Crippen molar-refractivity contribution in [1.82, 2.24) is 14.0 Å². The Morgan fingerprint density at radius 1 is 1.32 bits per heavy atom. The van der Waals surface area contributed by atoms with E-state index in [0.29, 0.717) is 26.1 Å². The highest BCUT2D eigenvalue weighted by Gasteiger charge is 2.25. The van der Waals surface area contributed by atoms with Crippen LogP contribution in [0.3, 0.4) is 0 Å². The summed E-state index contributed by atoms with van der Waals surface area (Å²) in [5.74, 6) is -1.07. The first-order valence-corrected chi connectivity index (χ1v) is 8.80. The van der Waals surface area contributed by atoms with E-state index in [9.17, 15) is 19.8 Å². The molecule has 0 aromatic carbocycles. The van der Waals surface area contributed by atoms with E-state index < -0.39 is 12.0 Å². The van der Waals surface area contributed by atoms with E-state index in [1.54, 1.807) is 11.1 Å². The number of nitrogens with zero attached hydrogens (tertiary/aromatic N) is 3. The summed E-state index contributed by atoms with van der Waals surface area (Å²) < 4.78 is 3.16. The van der Waals surface area contributed by atoms with Crippen LogP contribution in [0.5, 0.6) is 5.88 Å². The summed E-state index contributed by atoms with van der Waals surface area (Å²) in [5, 5.41) is 19.6. The summed E-state index contributed by atoms with van der Waals surface area (Å²) in [4.78, 5) is 25.5. The van der Waals surface area contributed by atoms with E-state index in [1.807, 2.05) is 13.8 Å². The van der Waals surface area contributed by atoms with Crippen molar-refractivity contribution in [2.45, 2.75) is 52.2 Å². The first-order valence-electron chi connectivity index (χ1n) is 8.40. The lowest BCUT2D eigenvalue weighted by Gasteiger charge is -2.31. The Morgan fingerprint density at radius 2 is 2.00 bits per heavy atom. The van der Waals surface area contributed by atoms with Gasteiger partial charge in [0.1, 0.15) is 11.6 Å². The van der Waals surface area contributed by atoms with Gasteiger partial charge in [-0.15, -0.1) is 5.73 Å². The van der Waals surface area contributed by atoms with Crippen LogP contribution in [0.15, 0.2) is 16.7 Å². The Bertz CT molecular complexity index is 834. The third kappa shape index (κ3) is 3.86. The minimum atomic E-state index is -0.867. The Balaban J connectivity index is 2.45. The molecule has 0 spiro atoms. The summed E-state index contributed by atoms with van der Waals surface area (Å²) in [6.07, 6.45) is 5.31. The van der Waals surface area contributed by atoms with E-state index in [2.05, 4.69) is 5.73 Å². The van der Waals surface area contributed by atoms with Crippen LogP contribution in [-0.2, 0) is 17.9 Å². The molecule has 1 saturated heterocycles. The second kappa shape index (κ2) is 8.18. The highest BCUT2D eigenvalue weighted by atomic mass is 32.1. The van der Waals surface area contributed by atoms with Gasteiger partial charge in [-0.1, -0.05) is 0 Å². The van der Waals surface area contributed by atoms with Crippen LogP contribution in [-0.4, -0.2) is 42.8 Å². The molecule has 2 N–H and O–H groups in total. The second-order valence-electron chi connectivity index (χ2n) is 5.84. The zero-order valence-electron chi connectivity index (χ0n) is 14.4. The van der Waals surface area contributed by atoms with Gasteiger partial charge in [-0.2, -0.15) is 0 Å². The molecule has 2 heterocycles. The largest absolute Gasteiger partial charge is 0.494 e. The van der Waals surface area contributed by atoms with Crippen LogP contribution in [0.4, 0.5) is 0 Å². The number of aliphatic carboxylic acids is 1. The maximum atomic E-state index is 12.5. The first-order chi connectivity index (χ1) is 11.9. The fourth-order valence-electron chi connectivity index (χ4n) is 2.99. The van der Waals surface area contributed by atoms with Gasteiger partial charge in [-0.05, 0) is 51.4 Å². The zero-order chi connectivity index (χ0) is 18.6.